The Morgan fingerprint density at radius 3 is 2.75 bits per heavy atom. The molecule has 2 N–H and O–H groups in total. The molecular weight excluding hydrogens is 395 g/mol. The summed E-state index contributed by atoms with van der Waals surface area (Å²) < 4.78 is 2.10. The monoisotopic (exact) mass is 418 g/mol. The maximum absolute atomic E-state index is 4.84. The summed E-state index contributed by atoms with van der Waals surface area (Å²) in [6.45, 7) is 3.52. The van der Waals surface area contributed by atoms with Gasteiger partial charge in [-0.2, -0.15) is 5.10 Å². The van der Waals surface area contributed by atoms with Gasteiger partial charge >= 0.3 is 0 Å². The Balaban J connectivity index is 0.00000112. The van der Waals surface area contributed by atoms with Crippen LogP contribution in [0.3, 0.4) is 0 Å². The van der Waals surface area contributed by atoms with Crippen LogP contribution in [0.4, 0.5) is 5.82 Å². The second-order valence-electron chi connectivity index (χ2n) is 6.92. The molecule has 1 aliphatic heterocycles. The summed E-state index contributed by atoms with van der Waals surface area (Å²) in [5.41, 5.74) is 5.85. The van der Waals surface area contributed by atoms with Gasteiger partial charge in [0, 0.05) is 29.9 Å². The average molecular weight is 419 g/mol. The largest absolute Gasteiger partial charge is 0.364 e. The van der Waals surface area contributed by atoms with Crippen molar-refractivity contribution in [3.63, 3.8) is 0 Å². The van der Waals surface area contributed by atoms with E-state index in [0.717, 1.165) is 61.8 Å². The van der Waals surface area contributed by atoms with Gasteiger partial charge in [0.15, 0.2) is 5.82 Å². The molecule has 1 aromatic carbocycles. The zero-order chi connectivity index (χ0) is 17.3. The third-order valence-corrected chi connectivity index (χ3v) is 5.12. The van der Waals surface area contributed by atoms with E-state index in [1.165, 1.54) is 17.0 Å². The molecule has 0 radical (unpaired) electrons. The zero-order valence-electron chi connectivity index (χ0n) is 15.5. The minimum Gasteiger partial charge on any atom is -0.364 e. The minimum absolute atomic E-state index is 0. The summed E-state index contributed by atoms with van der Waals surface area (Å²) >= 11 is 0. The molecule has 0 spiro atoms. The summed E-state index contributed by atoms with van der Waals surface area (Å²) in [6.07, 6.45) is 3.24. The van der Waals surface area contributed by atoms with Crippen LogP contribution in [0.25, 0.3) is 11.4 Å². The lowest BCUT2D eigenvalue weighted by molar-refractivity contribution is 0.473. The Morgan fingerprint density at radius 2 is 1.93 bits per heavy atom. The molecule has 8 heteroatoms. The van der Waals surface area contributed by atoms with Crippen molar-refractivity contribution in [2.75, 3.05) is 11.9 Å². The number of rotatable bonds is 4. The highest BCUT2D eigenvalue weighted by Gasteiger charge is 2.20. The van der Waals surface area contributed by atoms with Crippen molar-refractivity contribution in [3.8, 4) is 11.4 Å². The van der Waals surface area contributed by atoms with E-state index in [2.05, 4.69) is 33.5 Å². The highest BCUT2D eigenvalue weighted by molar-refractivity contribution is 5.85. The normalized spacial score (nSPS) is 14.4. The molecule has 0 unspecified atom stereocenters. The third-order valence-electron chi connectivity index (χ3n) is 5.12. The van der Waals surface area contributed by atoms with Crippen LogP contribution >= 0.6 is 24.8 Å². The number of nitrogens with one attached hydrogen (secondary N) is 2. The van der Waals surface area contributed by atoms with Crippen LogP contribution in [-0.2, 0) is 32.5 Å². The first-order valence-corrected chi connectivity index (χ1v) is 9.32. The maximum Gasteiger partial charge on any atom is 0.161 e. The number of benzene rings is 1. The lowest BCUT2D eigenvalue weighted by Crippen LogP contribution is -2.28. The average Bonchev–Trinajstić information content (AvgIpc) is 3.33. The molecule has 3 aromatic rings. The van der Waals surface area contributed by atoms with Gasteiger partial charge in [-0.05, 0) is 25.3 Å². The van der Waals surface area contributed by atoms with E-state index < -0.39 is 0 Å². The zero-order valence-corrected chi connectivity index (χ0v) is 17.2. The van der Waals surface area contributed by atoms with E-state index in [9.17, 15) is 0 Å². The quantitative estimate of drug-likeness (QED) is 0.679. The lowest BCUT2D eigenvalue weighted by atomic mass is 10.2. The van der Waals surface area contributed by atoms with Crippen molar-refractivity contribution >= 4 is 30.6 Å². The third kappa shape index (κ3) is 3.99. The topological polar surface area (TPSA) is 67.7 Å². The first-order valence-electron chi connectivity index (χ1n) is 9.32. The molecule has 2 aliphatic rings. The van der Waals surface area contributed by atoms with Crippen LogP contribution in [0, 0.1) is 0 Å². The van der Waals surface area contributed by atoms with E-state index in [1.807, 2.05) is 18.2 Å². The van der Waals surface area contributed by atoms with Crippen LogP contribution in [0.15, 0.2) is 36.4 Å². The highest BCUT2D eigenvalue weighted by Crippen LogP contribution is 2.29. The Morgan fingerprint density at radius 1 is 1.07 bits per heavy atom. The first-order chi connectivity index (χ1) is 12.9. The molecule has 0 amide bonds. The summed E-state index contributed by atoms with van der Waals surface area (Å²) in [5, 5.41) is 11.6. The summed E-state index contributed by atoms with van der Waals surface area (Å²) in [4.78, 5) is 9.66. The van der Waals surface area contributed by atoms with Crippen molar-refractivity contribution in [3.05, 3.63) is 59.0 Å². The predicted molar refractivity (Wildman–Crippen MR) is 115 cm³/mol. The van der Waals surface area contributed by atoms with E-state index in [0.29, 0.717) is 6.54 Å². The SMILES string of the molecule is Cl.Cl.c1ccc(-c2nc3c(c(NCc4cc5n(n4)CCNC5)n2)CCC3)cc1. The van der Waals surface area contributed by atoms with Crippen molar-refractivity contribution in [1.82, 2.24) is 25.1 Å². The van der Waals surface area contributed by atoms with Crippen LogP contribution < -0.4 is 10.6 Å². The van der Waals surface area contributed by atoms with Crippen molar-refractivity contribution in [1.29, 1.82) is 0 Å². The summed E-state index contributed by atoms with van der Waals surface area (Å²) in [7, 11) is 0. The van der Waals surface area contributed by atoms with Gasteiger partial charge in [-0.25, -0.2) is 9.97 Å². The van der Waals surface area contributed by atoms with Gasteiger partial charge in [0.2, 0.25) is 0 Å². The van der Waals surface area contributed by atoms with Crippen LogP contribution in [0.2, 0.25) is 0 Å². The number of hydrogen-bond donors (Lipinski definition) is 2. The Bertz CT molecular complexity index is 918. The fourth-order valence-corrected chi connectivity index (χ4v) is 3.81. The number of aromatic nitrogens is 4. The van der Waals surface area contributed by atoms with Gasteiger partial charge in [0.25, 0.3) is 0 Å². The predicted octanol–water partition coefficient (Wildman–Crippen LogP) is 3.39. The van der Waals surface area contributed by atoms with Gasteiger partial charge in [0.05, 0.1) is 24.5 Å². The highest BCUT2D eigenvalue weighted by atomic mass is 35.5. The van der Waals surface area contributed by atoms with Gasteiger partial charge in [-0.1, -0.05) is 30.3 Å². The standard InChI is InChI=1S/C20H22N6.2ClH/c1-2-5-14(6-3-1)19-23-18-8-4-7-17(18)20(24-19)22-12-15-11-16-13-21-9-10-26(16)25-15;;/h1-3,5-6,11,21H,4,7-10,12-13H2,(H,22,23,24);2*1H. The van der Waals surface area contributed by atoms with Crippen LogP contribution in [-0.4, -0.2) is 26.3 Å². The number of anilines is 1. The number of fused-ring (bicyclic) bond motifs is 2. The number of aryl methyl sites for hydroxylation is 1. The van der Waals surface area contributed by atoms with Gasteiger partial charge in [-0.15, -0.1) is 24.8 Å². The molecule has 0 saturated carbocycles. The van der Waals surface area contributed by atoms with E-state index in [-0.39, 0.29) is 24.8 Å². The van der Waals surface area contributed by atoms with Crippen molar-refractivity contribution in [2.24, 2.45) is 0 Å². The molecule has 2 aromatic heterocycles. The minimum atomic E-state index is 0. The second kappa shape index (κ2) is 8.90. The smallest absolute Gasteiger partial charge is 0.161 e. The van der Waals surface area contributed by atoms with Gasteiger partial charge < -0.3 is 10.6 Å². The molecule has 1 aliphatic carbocycles. The Hall–Kier alpha value is -2.15. The van der Waals surface area contributed by atoms with Gasteiger partial charge in [0.1, 0.15) is 5.82 Å². The van der Waals surface area contributed by atoms with Crippen LogP contribution in [0.1, 0.15) is 29.1 Å². The van der Waals surface area contributed by atoms with Crippen molar-refractivity contribution in [2.45, 2.75) is 38.9 Å². The second-order valence-corrected chi connectivity index (χ2v) is 6.92. The molecule has 0 atom stereocenters. The number of halogens is 2. The fraction of sp³-hybridized carbons (Fsp3) is 0.350. The van der Waals surface area contributed by atoms with Gasteiger partial charge in [-0.3, -0.25) is 4.68 Å². The first kappa shape index (κ1) is 20.6. The maximum atomic E-state index is 4.84. The molecule has 28 heavy (non-hydrogen) atoms. The molecule has 3 heterocycles. The molecule has 0 bridgehead atoms. The molecule has 6 nitrogen and oxygen atoms in total. The molecule has 148 valence electrons. The fourth-order valence-electron chi connectivity index (χ4n) is 3.81. The molecule has 0 saturated heterocycles. The Kier molecular flexibility index (Phi) is 6.54. The molecular formula is C20H24Cl2N6. The Labute approximate surface area is 177 Å². The summed E-state index contributed by atoms with van der Waals surface area (Å²) in [5.74, 6) is 1.78. The number of hydrogen-bond acceptors (Lipinski definition) is 5. The summed E-state index contributed by atoms with van der Waals surface area (Å²) in [6, 6.07) is 12.4. The number of nitrogens with zero attached hydrogens (tertiary/aromatic N) is 4. The molecule has 0 fully saturated rings. The lowest BCUT2D eigenvalue weighted by Gasteiger charge is -2.13. The van der Waals surface area contributed by atoms with Crippen LogP contribution in [0.5, 0.6) is 0 Å². The molecule has 5 rings (SSSR count). The van der Waals surface area contributed by atoms with E-state index in [1.54, 1.807) is 0 Å². The van der Waals surface area contributed by atoms with E-state index in [4.69, 9.17) is 15.1 Å². The van der Waals surface area contributed by atoms with Crippen molar-refractivity contribution < 1.29 is 0 Å². The van der Waals surface area contributed by atoms with E-state index >= 15 is 0 Å².